The highest BCUT2D eigenvalue weighted by Gasteiger charge is 2.31. The summed E-state index contributed by atoms with van der Waals surface area (Å²) < 4.78 is 0.959. The molecular weight excluding hydrogens is 356 g/mol. The molecule has 1 aliphatic rings. The van der Waals surface area contributed by atoms with Crippen LogP contribution < -0.4 is 5.32 Å². The molecule has 2 amide bonds. The molecular formula is C14H13BrN2OS2. The van der Waals surface area contributed by atoms with Crippen LogP contribution in [-0.4, -0.2) is 23.2 Å². The molecule has 2 aromatic rings. The number of rotatable bonds is 2. The first-order valence-electron chi connectivity index (χ1n) is 6.22. The van der Waals surface area contributed by atoms with Crippen molar-refractivity contribution in [3.63, 3.8) is 0 Å². The van der Waals surface area contributed by atoms with Gasteiger partial charge >= 0.3 is 6.03 Å². The van der Waals surface area contributed by atoms with Crippen LogP contribution in [0.25, 0.3) is 0 Å². The molecule has 1 N–H and O–H groups in total. The zero-order valence-corrected chi connectivity index (χ0v) is 13.8. The molecule has 0 bridgehead atoms. The van der Waals surface area contributed by atoms with Gasteiger partial charge in [0.05, 0.1) is 0 Å². The number of hydrogen-bond donors (Lipinski definition) is 1. The summed E-state index contributed by atoms with van der Waals surface area (Å²) in [7, 11) is 0. The average molecular weight is 369 g/mol. The van der Waals surface area contributed by atoms with E-state index < -0.39 is 0 Å². The number of urea groups is 1. The molecule has 1 aromatic carbocycles. The summed E-state index contributed by atoms with van der Waals surface area (Å²) in [5, 5.41) is 5.16. The number of hydrogen-bond acceptors (Lipinski definition) is 3. The molecule has 20 heavy (non-hydrogen) atoms. The van der Waals surface area contributed by atoms with Crippen molar-refractivity contribution in [1.29, 1.82) is 0 Å². The van der Waals surface area contributed by atoms with Crippen LogP contribution in [0.2, 0.25) is 0 Å². The lowest BCUT2D eigenvalue weighted by molar-refractivity contribution is 0.215. The van der Waals surface area contributed by atoms with Crippen LogP contribution in [0.15, 0.2) is 46.3 Å². The van der Waals surface area contributed by atoms with Crippen molar-refractivity contribution in [3.8, 4) is 0 Å². The third-order valence-corrected chi connectivity index (χ3v) is 5.82. The normalized spacial score (nSPS) is 18.2. The number of anilines is 1. The fourth-order valence-corrected chi connectivity index (χ4v) is 4.74. The Hall–Kier alpha value is -0.980. The maximum absolute atomic E-state index is 12.4. The minimum absolute atomic E-state index is 0.0356. The largest absolute Gasteiger partial charge is 0.323 e. The number of nitrogens with one attached hydrogen (secondary N) is 1. The van der Waals surface area contributed by atoms with Crippen molar-refractivity contribution in [1.82, 2.24) is 4.90 Å². The van der Waals surface area contributed by atoms with E-state index in [4.69, 9.17) is 0 Å². The summed E-state index contributed by atoms with van der Waals surface area (Å²) in [6, 6.07) is 11.7. The lowest BCUT2D eigenvalue weighted by atomic mass is 10.3. The van der Waals surface area contributed by atoms with E-state index >= 15 is 0 Å². The van der Waals surface area contributed by atoms with Crippen molar-refractivity contribution in [3.05, 3.63) is 51.1 Å². The molecule has 1 aromatic heterocycles. The Labute approximate surface area is 134 Å². The van der Waals surface area contributed by atoms with Crippen molar-refractivity contribution in [2.24, 2.45) is 0 Å². The van der Waals surface area contributed by atoms with Crippen molar-refractivity contribution in [2.75, 3.05) is 17.6 Å². The number of carbonyl (C=O) groups is 1. The molecule has 0 aliphatic carbocycles. The summed E-state index contributed by atoms with van der Waals surface area (Å²) >= 11 is 6.93. The predicted molar refractivity (Wildman–Crippen MR) is 89.4 cm³/mol. The maximum atomic E-state index is 12.4. The standard InChI is InChI=1S/C14H13BrN2OS2/c15-10-3-1-4-11(9-10)16-14(18)17-6-8-20-13(17)12-5-2-7-19-12/h1-5,7,9,13H,6,8H2,(H,16,18)/t13-/m1/s1. The number of thioether (sulfide) groups is 1. The molecule has 104 valence electrons. The van der Waals surface area contributed by atoms with Gasteiger partial charge in [-0.2, -0.15) is 0 Å². The highest BCUT2D eigenvalue weighted by molar-refractivity contribution is 9.10. The van der Waals surface area contributed by atoms with E-state index in [1.54, 1.807) is 11.3 Å². The predicted octanol–water partition coefficient (Wildman–Crippen LogP) is 4.79. The third kappa shape index (κ3) is 3.02. The Balaban J connectivity index is 1.73. The highest BCUT2D eigenvalue weighted by Crippen LogP contribution is 2.40. The first kappa shape index (κ1) is 14.0. The maximum Gasteiger partial charge on any atom is 0.323 e. The summed E-state index contributed by atoms with van der Waals surface area (Å²) in [5.41, 5.74) is 0.811. The van der Waals surface area contributed by atoms with Gasteiger partial charge in [0, 0.05) is 27.3 Å². The molecule has 0 spiro atoms. The van der Waals surface area contributed by atoms with Crippen LogP contribution in [0.4, 0.5) is 10.5 Å². The summed E-state index contributed by atoms with van der Waals surface area (Å²) in [6.45, 7) is 0.785. The van der Waals surface area contributed by atoms with Gasteiger partial charge in [0.15, 0.2) is 0 Å². The Morgan fingerprint density at radius 2 is 2.25 bits per heavy atom. The number of halogens is 1. The molecule has 0 radical (unpaired) electrons. The molecule has 1 saturated heterocycles. The van der Waals surface area contributed by atoms with Gasteiger partial charge in [-0.05, 0) is 29.6 Å². The van der Waals surface area contributed by atoms with Crippen LogP contribution in [0, 0.1) is 0 Å². The molecule has 1 fully saturated rings. The quantitative estimate of drug-likeness (QED) is 0.826. The lowest BCUT2D eigenvalue weighted by Crippen LogP contribution is -2.34. The van der Waals surface area contributed by atoms with Gasteiger partial charge in [0.2, 0.25) is 0 Å². The highest BCUT2D eigenvalue weighted by atomic mass is 79.9. The van der Waals surface area contributed by atoms with Crippen LogP contribution in [0.1, 0.15) is 10.3 Å². The van der Waals surface area contributed by atoms with Gasteiger partial charge in [0.25, 0.3) is 0 Å². The van der Waals surface area contributed by atoms with Gasteiger partial charge in [-0.25, -0.2) is 4.79 Å². The van der Waals surface area contributed by atoms with E-state index in [1.165, 1.54) is 4.88 Å². The molecule has 2 heterocycles. The number of nitrogens with zero attached hydrogens (tertiary/aromatic N) is 1. The van der Waals surface area contributed by atoms with Crippen LogP contribution in [-0.2, 0) is 0 Å². The van der Waals surface area contributed by atoms with Crippen molar-refractivity contribution in [2.45, 2.75) is 5.37 Å². The van der Waals surface area contributed by atoms with Crippen LogP contribution in [0.3, 0.4) is 0 Å². The monoisotopic (exact) mass is 368 g/mol. The fraction of sp³-hybridized carbons (Fsp3) is 0.214. The topological polar surface area (TPSA) is 32.3 Å². The summed E-state index contributed by atoms with van der Waals surface area (Å²) in [6.07, 6.45) is 0. The number of thiophene rings is 1. The zero-order chi connectivity index (χ0) is 13.9. The first-order chi connectivity index (χ1) is 9.74. The molecule has 1 aliphatic heterocycles. The second-order valence-electron chi connectivity index (χ2n) is 4.37. The van der Waals surface area contributed by atoms with Gasteiger partial charge in [0.1, 0.15) is 5.37 Å². The summed E-state index contributed by atoms with van der Waals surface area (Å²) in [5.74, 6) is 0.981. The molecule has 3 nitrogen and oxygen atoms in total. The minimum atomic E-state index is -0.0356. The van der Waals surface area contributed by atoms with Crippen molar-refractivity contribution < 1.29 is 4.79 Å². The molecule has 1 atom stereocenters. The lowest BCUT2D eigenvalue weighted by Gasteiger charge is -2.23. The number of amides is 2. The average Bonchev–Trinajstić information content (AvgIpc) is 3.09. The van der Waals surface area contributed by atoms with Gasteiger partial charge in [-0.1, -0.05) is 28.1 Å². The minimum Gasteiger partial charge on any atom is -0.308 e. The van der Waals surface area contributed by atoms with E-state index in [1.807, 2.05) is 47.0 Å². The van der Waals surface area contributed by atoms with E-state index in [9.17, 15) is 4.79 Å². The second kappa shape index (κ2) is 6.20. The smallest absolute Gasteiger partial charge is 0.308 e. The Morgan fingerprint density at radius 1 is 1.35 bits per heavy atom. The zero-order valence-electron chi connectivity index (χ0n) is 10.6. The van der Waals surface area contributed by atoms with Crippen molar-refractivity contribution >= 4 is 50.7 Å². The Morgan fingerprint density at radius 3 is 3.00 bits per heavy atom. The molecule has 6 heteroatoms. The van der Waals surface area contributed by atoms with E-state index in [0.717, 1.165) is 22.5 Å². The molecule has 3 rings (SSSR count). The second-order valence-corrected chi connectivity index (χ2v) is 7.46. The van der Waals surface area contributed by atoms with Gasteiger partial charge < -0.3 is 10.2 Å². The SMILES string of the molecule is O=C(Nc1cccc(Br)c1)N1CCS[C@@H]1c1cccs1. The van der Waals surface area contributed by atoms with Crippen LogP contribution in [0.5, 0.6) is 0 Å². The van der Waals surface area contributed by atoms with E-state index in [2.05, 4.69) is 32.7 Å². The van der Waals surface area contributed by atoms with E-state index in [0.29, 0.717) is 0 Å². The number of carbonyl (C=O) groups excluding carboxylic acids is 1. The fourth-order valence-electron chi connectivity index (χ4n) is 2.11. The van der Waals surface area contributed by atoms with Gasteiger partial charge in [-0.15, -0.1) is 23.1 Å². The summed E-state index contributed by atoms with van der Waals surface area (Å²) in [4.78, 5) is 15.6. The van der Waals surface area contributed by atoms with E-state index in [-0.39, 0.29) is 11.4 Å². The third-order valence-electron chi connectivity index (χ3n) is 3.01. The first-order valence-corrected chi connectivity index (χ1v) is 8.94. The molecule has 0 unspecified atom stereocenters. The van der Waals surface area contributed by atoms with Crippen LogP contribution >= 0.6 is 39.0 Å². The Bertz CT molecular complexity index is 603. The Kier molecular flexibility index (Phi) is 4.33. The van der Waals surface area contributed by atoms with Gasteiger partial charge in [-0.3, -0.25) is 0 Å². The number of benzene rings is 1. The molecule has 0 saturated carbocycles.